The first-order chi connectivity index (χ1) is 7.80. The minimum absolute atomic E-state index is 0.0120. The van der Waals surface area contributed by atoms with E-state index >= 15 is 0 Å². The molecule has 1 unspecified atom stereocenters. The molecule has 7 heteroatoms. The smallest absolute Gasteiger partial charge is 0.268 e. The van der Waals surface area contributed by atoms with E-state index in [4.69, 9.17) is 5.73 Å². The fourth-order valence-corrected chi connectivity index (χ4v) is 4.09. The number of rotatable bonds is 2. The van der Waals surface area contributed by atoms with Crippen LogP contribution in [0.15, 0.2) is 12.3 Å². The summed E-state index contributed by atoms with van der Waals surface area (Å²) >= 11 is 0. The molecule has 0 saturated carbocycles. The van der Waals surface area contributed by atoms with Gasteiger partial charge in [-0.05, 0) is 19.4 Å². The first-order valence-corrected chi connectivity index (χ1v) is 7.09. The molecule has 1 amide bonds. The van der Waals surface area contributed by atoms with Crippen LogP contribution in [0.1, 0.15) is 23.8 Å². The molecule has 6 nitrogen and oxygen atoms in total. The summed E-state index contributed by atoms with van der Waals surface area (Å²) in [5, 5.41) is 2.74. The summed E-state index contributed by atoms with van der Waals surface area (Å²) in [7, 11) is -3.03. The van der Waals surface area contributed by atoms with E-state index in [1.165, 1.54) is 12.3 Å². The monoisotopic (exact) mass is 257 g/mol. The molecule has 1 fully saturated rings. The van der Waals surface area contributed by atoms with Crippen LogP contribution in [-0.4, -0.2) is 36.4 Å². The molecule has 0 radical (unpaired) electrons. The number of anilines is 1. The molecular weight excluding hydrogens is 242 g/mol. The molecule has 0 aliphatic carbocycles. The summed E-state index contributed by atoms with van der Waals surface area (Å²) in [6, 6.07) is 1.52. The number of nitrogen functional groups attached to an aromatic ring is 1. The molecular formula is C10H15N3O3S. The normalized spacial score (nSPS) is 26.9. The lowest BCUT2D eigenvalue weighted by Gasteiger charge is -2.23. The Hall–Kier alpha value is -1.50. The van der Waals surface area contributed by atoms with E-state index < -0.39 is 15.4 Å². The molecule has 1 aromatic rings. The molecule has 1 aliphatic rings. The van der Waals surface area contributed by atoms with Crippen molar-refractivity contribution in [1.29, 1.82) is 0 Å². The van der Waals surface area contributed by atoms with Gasteiger partial charge in [-0.1, -0.05) is 0 Å². The third kappa shape index (κ3) is 2.60. The van der Waals surface area contributed by atoms with Crippen molar-refractivity contribution in [2.45, 2.75) is 18.9 Å². The van der Waals surface area contributed by atoms with Crippen LogP contribution in [-0.2, 0) is 9.84 Å². The summed E-state index contributed by atoms with van der Waals surface area (Å²) in [6.07, 6.45) is 1.96. The SMILES string of the molecule is CC1(NC(=O)c2cc(N)c[nH]2)CCS(=O)(=O)C1. The highest BCUT2D eigenvalue weighted by Gasteiger charge is 2.39. The second kappa shape index (κ2) is 3.76. The first-order valence-electron chi connectivity index (χ1n) is 5.27. The number of carbonyl (C=O) groups excluding carboxylic acids is 1. The molecule has 2 heterocycles. The fourth-order valence-electron chi connectivity index (χ4n) is 1.99. The van der Waals surface area contributed by atoms with Gasteiger partial charge in [-0.15, -0.1) is 0 Å². The molecule has 1 atom stereocenters. The lowest BCUT2D eigenvalue weighted by molar-refractivity contribution is 0.0911. The van der Waals surface area contributed by atoms with E-state index in [0.29, 0.717) is 17.8 Å². The Balaban J connectivity index is 2.10. The van der Waals surface area contributed by atoms with Gasteiger partial charge in [-0.25, -0.2) is 8.42 Å². The van der Waals surface area contributed by atoms with Crippen molar-refractivity contribution in [3.8, 4) is 0 Å². The Labute approximate surface area is 99.5 Å². The zero-order valence-electron chi connectivity index (χ0n) is 9.49. The van der Waals surface area contributed by atoms with Crippen molar-refractivity contribution in [3.63, 3.8) is 0 Å². The maximum absolute atomic E-state index is 11.8. The van der Waals surface area contributed by atoms with Gasteiger partial charge in [0.05, 0.1) is 17.0 Å². The Morgan fingerprint density at radius 1 is 1.59 bits per heavy atom. The lowest BCUT2D eigenvalue weighted by Crippen LogP contribution is -2.47. The van der Waals surface area contributed by atoms with Crippen LogP contribution in [0.4, 0.5) is 5.69 Å². The molecule has 0 bridgehead atoms. The van der Waals surface area contributed by atoms with E-state index in [2.05, 4.69) is 10.3 Å². The number of carbonyl (C=O) groups is 1. The Morgan fingerprint density at radius 2 is 2.29 bits per heavy atom. The summed E-state index contributed by atoms with van der Waals surface area (Å²) in [6.45, 7) is 1.74. The number of amides is 1. The zero-order valence-corrected chi connectivity index (χ0v) is 10.3. The predicted octanol–water partition coefficient (Wildman–Crippen LogP) is -0.0961. The van der Waals surface area contributed by atoms with Crippen LogP contribution < -0.4 is 11.1 Å². The predicted molar refractivity (Wildman–Crippen MR) is 64.3 cm³/mol. The summed E-state index contributed by atoms with van der Waals surface area (Å²) in [4.78, 5) is 14.6. The van der Waals surface area contributed by atoms with Crippen LogP contribution in [0.25, 0.3) is 0 Å². The number of aromatic nitrogens is 1. The molecule has 1 aromatic heterocycles. The molecule has 4 N–H and O–H groups in total. The number of hydrogen-bond acceptors (Lipinski definition) is 4. The quantitative estimate of drug-likeness (QED) is 0.688. The van der Waals surface area contributed by atoms with Gasteiger partial charge in [0.2, 0.25) is 0 Å². The second-order valence-corrected chi connectivity index (χ2v) is 6.89. The zero-order chi connectivity index (χ0) is 12.7. The van der Waals surface area contributed by atoms with Gasteiger partial charge in [-0.2, -0.15) is 0 Å². The number of aromatic amines is 1. The van der Waals surface area contributed by atoms with Gasteiger partial charge in [0.15, 0.2) is 9.84 Å². The molecule has 1 aliphatic heterocycles. The highest BCUT2D eigenvalue weighted by Crippen LogP contribution is 2.23. The largest absolute Gasteiger partial charge is 0.397 e. The highest BCUT2D eigenvalue weighted by molar-refractivity contribution is 7.91. The first kappa shape index (κ1) is 12.0. The molecule has 1 saturated heterocycles. The van der Waals surface area contributed by atoms with Gasteiger partial charge < -0.3 is 16.0 Å². The average molecular weight is 257 g/mol. The minimum Gasteiger partial charge on any atom is -0.397 e. The van der Waals surface area contributed by atoms with Crippen LogP contribution in [0.3, 0.4) is 0 Å². The van der Waals surface area contributed by atoms with Gasteiger partial charge in [-0.3, -0.25) is 4.79 Å². The second-order valence-electron chi connectivity index (χ2n) is 4.70. The Bertz CT molecular complexity index is 549. The highest BCUT2D eigenvalue weighted by atomic mass is 32.2. The number of H-pyrrole nitrogens is 1. The van der Waals surface area contributed by atoms with Crippen molar-refractivity contribution >= 4 is 21.4 Å². The van der Waals surface area contributed by atoms with Crippen molar-refractivity contribution in [2.75, 3.05) is 17.2 Å². The van der Waals surface area contributed by atoms with Crippen LogP contribution in [0.2, 0.25) is 0 Å². The maximum Gasteiger partial charge on any atom is 0.268 e. The van der Waals surface area contributed by atoms with Crippen molar-refractivity contribution in [1.82, 2.24) is 10.3 Å². The third-order valence-corrected chi connectivity index (χ3v) is 4.77. The summed E-state index contributed by atoms with van der Waals surface area (Å²) < 4.78 is 22.8. The topological polar surface area (TPSA) is 105 Å². The van der Waals surface area contributed by atoms with E-state index in [1.807, 2.05) is 0 Å². The van der Waals surface area contributed by atoms with Crippen molar-refractivity contribution < 1.29 is 13.2 Å². The average Bonchev–Trinajstić information content (AvgIpc) is 2.71. The number of hydrogen-bond donors (Lipinski definition) is 3. The van der Waals surface area contributed by atoms with E-state index in [9.17, 15) is 13.2 Å². The van der Waals surface area contributed by atoms with E-state index in [0.717, 1.165) is 0 Å². The Morgan fingerprint density at radius 3 is 2.76 bits per heavy atom. The van der Waals surface area contributed by atoms with E-state index in [-0.39, 0.29) is 17.4 Å². The molecule has 0 aromatic carbocycles. The summed E-state index contributed by atoms with van der Waals surface area (Å²) in [5.74, 6) is -0.222. The van der Waals surface area contributed by atoms with Gasteiger partial charge in [0.1, 0.15) is 5.69 Å². The number of sulfone groups is 1. The van der Waals surface area contributed by atoms with Crippen LogP contribution >= 0.6 is 0 Å². The third-order valence-electron chi connectivity index (χ3n) is 2.87. The molecule has 17 heavy (non-hydrogen) atoms. The lowest BCUT2D eigenvalue weighted by atomic mass is 10.0. The van der Waals surface area contributed by atoms with Crippen LogP contribution in [0, 0.1) is 0 Å². The van der Waals surface area contributed by atoms with Gasteiger partial charge in [0, 0.05) is 11.9 Å². The van der Waals surface area contributed by atoms with Crippen molar-refractivity contribution in [2.24, 2.45) is 0 Å². The number of nitrogens with one attached hydrogen (secondary N) is 2. The van der Waals surface area contributed by atoms with Gasteiger partial charge in [0.25, 0.3) is 5.91 Å². The molecule has 0 spiro atoms. The fraction of sp³-hybridized carbons (Fsp3) is 0.500. The maximum atomic E-state index is 11.8. The minimum atomic E-state index is -3.03. The van der Waals surface area contributed by atoms with E-state index in [1.54, 1.807) is 6.92 Å². The summed E-state index contributed by atoms with van der Waals surface area (Å²) in [5.41, 5.74) is 5.62. The van der Waals surface area contributed by atoms with Gasteiger partial charge >= 0.3 is 0 Å². The standard InChI is InChI=1S/C10H15N3O3S/c1-10(2-3-17(15,16)6-10)13-9(14)8-4-7(11)5-12-8/h4-5,12H,2-3,6,11H2,1H3,(H,13,14). The van der Waals surface area contributed by atoms with Crippen LogP contribution in [0.5, 0.6) is 0 Å². The Kier molecular flexibility index (Phi) is 2.65. The van der Waals surface area contributed by atoms with Crippen molar-refractivity contribution in [3.05, 3.63) is 18.0 Å². The number of nitrogens with two attached hydrogens (primary N) is 1. The molecule has 2 rings (SSSR count). The molecule has 94 valence electrons.